The van der Waals surface area contributed by atoms with Crippen molar-refractivity contribution in [1.29, 1.82) is 0 Å². The molecule has 4 heteroatoms. The Kier molecular flexibility index (Phi) is 3.53. The Labute approximate surface area is 118 Å². The monoisotopic (exact) mass is 273 g/mol. The summed E-state index contributed by atoms with van der Waals surface area (Å²) >= 11 is 1.70. The minimum Gasteiger partial charge on any atom is -0.344 e. The summed E-state index contributed by atoms with van der Waals surface area (Å²) in [5, 5.41) is 3.18. The Morgan fingerprint density at radius 3 is 2.84 bits per heavy atom. The van der Waals surface area contributed by atoms with E-state index in [-0.39, 0.29) is 6.04 Å². The van der Waals surface area contributed by atoms with Gasteiger partial charge in [-0.1, -0.05) is 24.3 Å². The highest BCUT2D eigenvalue weighted by Crippen LogP contribution is 2.27. The van der Waals surface area contributed by atoms with Crippen LogP contribution in [0.15, 0.2) is 29.6 Å². The van der Waals surface area contributed by atoms with Crippen LogP contribution < -0.4 is 10.6 Å². The van der Waals surface area contributed by atoms with Crippen molar-refractivity contribution in [2.24, 2.45) is 5.73 Å². The molecule has 19 heavy (non-hydrogen) atoms. The Morgan fingerprint density at radius 2 is 2.11 bits per heavy atom. The van der Waals surface area contributed by atoms with Crippen LogP contribution >= 0.6 is 11.3 Å². The molecule has 0 amide bonds. The van der Waals surface area contributed by atoms with Gasteiger partial charge < -0.3 is 10.6 Å². The first-order valence-electron chi connectivity index (χ1n) is 6.77. The second kappa shape index (κ2) is 5.31. The topological polar surface area (TPSA) is 42.1 Å². The summed E-state index contributed by atoms with van der Waals surface area (Å²) in [6.07, 6.45) is 2.35. The Hall–Kier alpha value is -1.39. The van der Waals surface area contributed by atoms with Crippen LogP contribution in [0.2, 0.25) is 0 Å². The van der Waals surface area contributed by atoms with Gasteiger partial charge in [-0.05, 0) is 30.9 Å². The lowest BCUT2D eigenvalue weighted by Crippen LogP contribution is -2.22. The van der Waals surface area contributed by atoms with Gasteiger partial charge in [0.1, 0.15) is 0 Å². The van der Waals surface area contributed by atoms with Crippen LogP contribution in [0.5, 0.6) is 0 Å². The molecule has 0 saturated heterocycles. The summed E-state index contributed by atoms with van der Waals surface area (Å²) in [4.78, 5) is 7.04. The lowest BCUT2D eigenvalue weighted by Gasteiger charge is -2.19. The van der Waals surface area contributed by atoms with Crippen molar-refractivity contribution in [2.75, 3.05) is 11.4 Å². The number of aromatic nitrogens is 1. The van der Waals surface area contributed by atoms with Crippen molar-refractivity contribution < 1.29 is 0 Å². The van der Waals surface area contributed by atoms with Crippen molar-refractivity contribution in [2.45, 2.75) is 32.4 Å². The molecule has 0 fully saturated rings. The van der Waals surface area contributed by atoms with Crippen molar-refractivity contribution in [3.63, 3.8) is 0 Å². The van der Waals surface area contributed by atoms with Gasteiger partial charge in [-0.15, -0.1) is 11.3 Å². The number of hydrogen-bond donors (Lipinski definition) is 1. The third-order valence-electron chi connectivity index (χ3n) is 3.60. The average Bonchev–Trinajstić information content (AvgIpc) is 2.80. The molecule has 2 N–H and O–H groups in total. The van der Waals surface area contributed by atoms with Crippen LogP contribution in [0, 0.1) is 0 Å². The Balaban J connectivity index is 1.85. The second-order valence-electron chi connectivity index (χ2n) is 5.14. The number of nitrogens with two attached hydrogens (primary N) is 1. The van der Waals surface area contributed by atoms with Crippen LogP contribution in [0.4, 0.5) is 5.13 Å². The fourth-order valence-electron chi connectivity index (χ4n) is 2.49. The lowest BCUT2D eigenvalue weighted by atomic mass is 10.0. The number of rotatable bonds is 2. The average molecular weight is 273 g/mol. The van der Waals surface area contributed by atoms with Crippen LogP contribution in [0.25, 0.3) is 0 Å². The van der Waals surface area contributed by atoms with E-state index in [9.17, 15) is 0 Å². The van der Waals surface area contributed by atoms with E-state index in [1.807, 2.05) is 6.92 Å². The molecular formula is C15H19N3S. The Bertz CT molecular complexity index is 562. The fraction of sp³-hybridized carbons (Fsp3) is 0.400. The molecule has 100 valence electrons. The summed E-state index contributed by atoms with van der Waals surface area (Å²) in [5.41, 5.74) is 9.80. The third kappa shape index (κ3) is 2.65. The molecule has 0 bridgehead atoms. The predicted octanol–water partition coefficient (Wildman–Crippen LogP) is 3.12. The number of aryl methyl sites for hydroxylation is 1. The van der Waals surface area contributed by atoms with E-state index in [2.05, 4.69) is 39.5 Å². The predicted molar refractivity (Wildman–Crippen MR) is 80.5 cm³/mol. The normalized spacial score (nSPS) is 16.8. The zero-order valence-corrected chi connectivity index (χ0v) is 12.0. The largest absolute Gasteiger partial charge is 0.344 e. The highest BCUT2D eigenvalue weighted by molar-refractivity contribution is 7.13. The summed E-state index contributed by atoms with van der Waals surface area (Å²) in [6, 6.07) is 8.75. The van der Waals surface area contributed by atoms with Gasteiger partial charge in [0, 0.05) is 24.5 Å². The van der Waals surface area contributed by atoms with Gasteiger partial charge in [-0.25, -0.2) is 4.98 Å². The van der Waals surface area contributed by atoms with E-state index in [1.54, 1.807) is 11.3 Å². The highest BCUT2D eigenvalue weighted by Gasteiger charge is 2.17. The van der Waals surface area contributed by atoms with Gasteiger partial charge in [-0.3, -0.25) is 0 Å². The molecule has 1 aliphatic heterocycles. The molecule has 0 spiro atoms. The van der Waals surface area contributed by atoms with Crippen molar-refractivity contribution >= 4 is 16.5 Å². The molecule has 0 aliphatic carbocycles. The van der Waals surface area contributed by atoms with Crippen LogP contribution in [0.3, 0.4) is 0 Å². The standard InChI is InChI=1S/C15H19N3S/c1-11(16)14-10-19-15(17-14)18-8-4-7-12-5-2-3-6-13(12)9-18/h2-3,5-6,10-11H,4,7-9,16H2,1H3. The third-order valence-corrected chi connectivity index (χ3v) is 4.52. The van der Waals surface area contributed by atoms with Gasteiger partial charge in [0.05, 0.1) is 5.69 Å². The van der Waals surface area contributed by atoms with E-state index >= 15 is 0 Å². The number of benzene rings is 1. The summed E-state index contributed by atoms with van der Waals surface area (Å²) in [6.45, 7) is 4.01. The SMILES string of the molecule is CC(N)c1csc(N2CCCc3ccccc3C2)n1. The molecule has 3 rings (SSSR count). The smallest absolute Gasteiger partial charge is 0.185 e. The second-order valence-corrected chi connectivity index (χ2v) is 5.97. The number of nitrogens with zero attached hydrogens (tertiary/aromatic N) is 2. The molecule has 2 aromatic rings. The van der Waals surface area contributed by atoms with Crippen molar-refractivity contribution in [3.05, 3.63) is 46.5 Å². The molecule has 1 atom stereocenters. The minimum atomic E-state index is 0.0178. The minimum absolute atomic E-state index is 0.0178. The molecule has 0 radical (unpaired) electrons. The Morgan fingerprint density at radius 1 is 1.32 bits per heavy atom. The van der Waals surface area contributed by atoms with E-state index in [0.717, 1.165) is 30.3 Å². The molecule has 1 unspecified atom stereocenters. The van der Waals surface area contributed by atoms with Gasteiger partial charge in [0.15, 0.2) is 5.13 Å². The first-order chi connectivity index (χ1) is 9.24. The number of thiazole rings is 1. The van der Waals surface area contributed by atoms with Crippen LogP contribution in [-0.4, -0.2) is 11.5 Å². The van der Waals surface area contributed by atoms with E-state index in [1.165, 1.54) is 17.5 Å². The van der Waals surface area contributed by atoms with Crippen molar-refractivity contribution in [3.8, 4) is 0 Å². The molecule has 2 heterocycles. The molecular weight excluding hydrogens is 254 g/mol. The van der Waals surface area contributed by atoms with Crippen LogP contribution in [0.1, 0.15) is 36.2 Å². The summed E-state index contributed by atoms with van der Waals surface area (Å²) in [5.74, 6) is 0. The van der Waals surface area contributed by atoms with Gasteiger partial charge in [-0.2, -0.15) is 0 Å². The van der Waals surface area contributed by atoms with Gasteiger partial charge >= 0.3 is 0 Å². The highest BCUT2D eigenvalue weighted by atomic mass is 32.1. The maximum absolute atomic E-state index is 5.89. The van der Waals surface area contributed by atoms with Crippen molar-refractivity contribution in [1.82, 2.24) is 4.98 Å². The molecule has 1 aromatic heterocycles. The zero-order chi connectivity index (χ0) is 13.2. The molecule has 1 aromatic carbocycles. The number of anilines is 1. The maximum atomic E-state index is 5.89. The van der Waals surface area contributed by atoms with E-state index in [0.29, 0.717) is 0 Å². The first-order valence-corrected chi connectivity index (χ1v) is 7.65. The molecule has 1 aliphatic rings. The first kappa shape index (κ1) is 12.6. The fourth-order valence-corrected chi connectivity index (χ4v) is 3.45. The van der Waals surface area contributed by atoms with Gasteiger partial charge in [0.2, 0.25) is 0 Å². The van der Waals surface area contributed by atoms with E-state index in [4.69, 9.17) is 5.73 Å². The summed E-state index contributed by atoms with van der Waals surface area (Å²) < 4.78 is 0. The zero-order valence-electron chi connectivity index (χ0n) is 11.2. The number of fused-ring (bicyclic) bond motifs is 1. The molecule has 0 saturated carbocycles. The van der Waals surface area contributed by atoms with Gasteiger partial charge in [0.25, 0.3) is 0 Å². The maximum Gasteiger partial charge on any atom is 0.185 e. The van der Waals surface area contributed by atoms with Crippen LogP contribution in [-0.2, 0) is 13.0 Å². The molecule has 3 nitrogen and oxygen atoms in total. The van der Waals surface area contributed by atoms with E-state index < -0.39 is 0 Å². The quantitative estimate of drug-likeness (QED) is 0.914. The summed E-state index contributed by atoms with van der Waals surface area (Å²) in [7, 11) is 0. The number of hydrogen-bond acceptors (Lipinski definition) is 4. The lowest BCUT2D eigenvalue weighted by molar-refractivity contribution is 0.747.